The molecule has 0 aliphatic heterocycles. The summed E-state index contributed by atoms with van der Waals surface area (Å²) in [6.07, 6.45) is 0.230. The second-order valence-electron chi connectivity index (χ2n) is 3.25. The van der Waals surface area contributed by atoms with Crippen LogP contribution in [-0.2, 0) is 0 Å². The molecular formula is C10H14FNO2. The van der Waals surface area contributed by atoms with E-state index in [1.807, 2.05) is 0 Å². The minimum atomic E-state index is -0.667. The largest absolute Gasteiger partial charge is 0.507 e. The van der Waals surface area contributed by atoms with Crippen LogP contribution in [0.1, 0.15) is 23.6 Å². The van der Waals surface area contributed by atoms with E-state index >= 15 is 0 Å². The Labute approximate surface area is 82.0 Å². The normalized spacial score (nSPS) is 12.9. The van der Waals surface area contributed by atoms with E-state index in [1.165, 1.54) is 12.1 Å². The first-order chi connectivity index (χ1) is 6.57. The number of hydrogen-bond acceptors (Lipinski definition) is 3. The van der Waals surface area contributed by atoms with E-state index in [-0.39, 0.29) is 24.3 Å². The number of aliphatic hydroxyl groups excluding tert-OH is 1. The van der Waals surface area contributed by atoms with E-state index in [4.69, 9.17) is 10.8 Å². The Bertz CT molecular complexity index is 328. The number of hydrogen-bond donors (Lipinski definition) is 3. The van der Waals surface area contributed by atoms with Gasteiger partial charge in [0.15, 0.2) is 0 Å². The Morgan fingerprint density at radius 2 is 2.14 bits per heavy atom. The van der Waals surface area contributed by atoms with Crippen LogP contribution < -0.4 is 5.73 Å². The van der Waals surface area contributed by atoms with Crippen LogP contribution in [0.3, 0.4) is 0 Å². The van der Waals surface area contributed by atoms with E-state index in [0.717, 1.165) is 0 Å². The number of aromatic hydroxyl groups is 1. The van der Waals surface area contributed by atoms with Gasteiger partial charge in [-0.1, -0.05) is 6.07 Å². The Kier molecular flexibility index (Phi) is 3.43. The molecule has 14 heavy (non-hydrogen) atoms. The summed E-state index contributed by atoms with van der Waals surface area (Å²) in [5.74, 6) is -0.653. The van der Waals surface area contributed by atoms with Gasteiger partial charge in [0.2, 0.25) is 0 Å². The molecule has 0 aliphatic rings. The molecule has 0 heterocycles. The van der Waals surface area contributed by atoms with E-state index in [1.54, 1.807) is 6.92 Å². The van der Waals surface area contributed by atoms with E-state index in [2.05, 4.69) is 0 Å². The quantitative estimate of drug-likeness (QED) is 0.685. The van der Waals surface area contributed by atoms with Gasteiger partial charge in [-0.2, -0.15) is 0 Å². The number of rotatable bonds is 3. The third-order valence-corrected chi connectivity index (χ3v) is 2.18. The number of nitrogens with two attached hydrogens (primary N) is 1. The van der Waals surface area contributed by atoms with Crippen LogP contribution in [0.15, 0.2) is 12.1 Å². The molecule has 0 aliphatic carbocycles. The first-order valence-corrected chi connectivity index (χ1v) is 4.42. The van der Waals surface area contributed by atoms with Crippen LogP contribution in [0.5, 0.6) is 5.75 Å². The molecule has 0 saturated carbocycles. The van der Waals surface area contributed by atoms with Crippen molar-refractivity contribution in [2.24, 2.45) is 5.73 Å². The van der Waals surface area contributed by atoms with Gasteiger partial charge in [-0.05, 0) is 25.0 Å². The van der Waals surface area contributed by atoms with Gasteiger partial charge in [-0.15, -0.1) is 0 Å². The average Bonchev–Trinajstić information content (AvgIpc) is 2.13. The first-order valence-electron chi connectivity index (χ1n) is 4.42. The number of phenols is 1. The lowest BCUT2D eigenvalue weighted by molar-refractivity contribution is 0.274. The van der Waals surface area contributed by atoms with Crippen molar-refractivity contribution in [3.63, 3.8) is 0 Å². The average molecular weight is 199 g/mol. The van der Waals surface area contributed by atoms with Gasteiger partial charge in [0.25, 0.3) is 0 Å². The van der Waals surface area contributed by atoms with Crippen LogP contribution in [0, 0.1) is 12.7 Å². The first kappa shape index (κ1) is 10.9. The Hall–Kier alpha value is -1.13. The third-order valence-electron chi connectivity index (χ3n) is 2.18. The Balaban J connectivity index is 3.11. The van der Waals surface area contributed by atoms with Crippen LogP contribution in [-0.4, -0.2) is 16.8 Å². The van der Waals surface area contributed by atoms with Gasteiger partial charge in [0.05, 0.1) is 0 Å². The second kappa shape index (κ2) is 4.39. The van der Waals surface area contributed by atoms with E-state index < -0.39 is 11.9 Å². The van der Waals surface area contributed by atoms with Gasteiger partial charge in [-0.25, -0.2) is 4.39 Å². The number of phenolic OH excluding ortho intramolecular Hbond substituents is 1. The maximum absolute atomic E-state index is 13.3. The summed E-state index contributed by atoms with van der Waals surface area (Å²) in [6.45, 7) is 1.54. The molecule has 0 unspecified atom stereocenters. The standard InChI is InChI=1S/C10H14FNO2/c1-6-2-3-7(11)9(10(6)14)8(12)4-5-13/h2-3,8,13-14H,4-5,12H2,1H3/t8-/m1/s1. The highest BCUT2D eigenvalue weighted by atomic mass is 19.1. The summed E-state index contributed by atoms with van der Waals surface area (Å²) in [4.78, 5) is 0. The Morgan fingerprint density at radius 1 is 1.50 bits per heavy atom. The Morgan fingerprint density at radius 3 is 2.71 bits per heavy atom. The minimum Gasteiger partial charge on any atom is -0.507 e. The summed E-state index contributed by atoms with van der Waals surface area (Å²) in [5.41, 5.74) is 6.28. The molecule has 4 heteroatoms. The van der Waals surface area contributed by atoms with E-state index in [0.29, 0.717) is 5.56 Å². The van der Waals surface area contributed by atoms with Crippen LogP contribution in [0.2, 0.25) is 0 Å². The molecule has 1 aromatic rings. The maximum atomic E-state index is 13.3. The van der Waals surface area contributed by atoms with Crippen molar-refractivity contribution in [3.05, 3.63) is 29.1 Å². The summed E-state index contributed by atoms with van der Waals surface area (Å²) in [5, 5.41) is 18.2. The zero-order chi connectivity index (χ0) is 10.7. The summed E-state index contributed by atoms with van der Waals surface area (Å²) in [6, 6.07) is 2.08. The molecule has 4 N–H and O–H groups in total. The highest BCUT2D eigenvalue weighted by Gasteiger charge is 2.16. The van der Waals surface area contributed by atoms with Crippen molar-refractivity contribution in [2.45, 2.75) is 19.4 Å². The SMILES string of the molecule is Cc1ccc(F)c([C@H](N)CCO)c1O. The highest BCUT2D eigenvalue weighted by molar-refractivity contribution is 5.42. The monoisotopic (exact) mass is 199 g/mol. The van der Waals surface area contributed by atoms with E-state index in [9.17, 15) is 9.50 Å². The number of aryl methyl sites for hydroxylation is 1. The predicted molar refractivity (Wildman–Crippen MR) is 51.4 cm³/mol. The molecule has 1 atom stereocenters. The van der Waals surface area contributed by atoms with Crippen LogP contribution in [0.4, 0.5) is 4.39 Å². The molecule has 0 bridgehead atoms. The van der Waals surface area contributed by atoms with Crippen molar-refractivity contribution in [1.29, 1.82) is 0 Å². The lowest BCUT2D eigenvalue weighted by atomic mass is 10.0. The molecule has 0 aromatic heterocycles. The van der Waals surface area contributed by atoms with Crippen molar-refractivity contribution >= 4 is 0 Å². The molecule has 0 fully saturated rings. The fraction of sp³-hybridized carbons (Fsp3) is 0.400. The fourth-order valence-corrected chi connectivity index (χ4v) is 1.33. The molecule has 1 aromatic carbocycles. The molecule has 78 valence electrons. The molecule has 1 rings (SSSR count). The van der Waals surface area contributed by atoms with Crippen LogP contribution in [0.25, 0.3) is 0 Å². The number of halogens is 1. The molecule has 0 radical (unpaired) electrons. The molecular weight excluding hydrogens is 185 g/mol. The van der Waals surface area contributed by atoms with Gasteiger partial charge < -0.3 is 15.9 Å². The smallest absolute Gasteiger partial charge is 0.131 e. The number of benzene rings is 1. The molecule has 0 saturated heterocycles. The van der Waals surface area contributed by atoms with Crippen molar-refractivity contribution in [2.75, 3.05) is 6.61 Å². The fourth-order valence-electron chi connectivity index (χ4n) is 1.33. The summed E-state index contributed by atoms with van der Waals surface area (Å²) >= 11 is 0. The zero-order valence-corrected chi connectivity index (χ0v) is 8.00. The van der Waals surface area contributed by atoms with Crippen molar-refractivity contribution < 1.29 is 14.6 Å². The summed E-state index contributed by atoms with van der Waals surface area (Å²) < 4.78 is 13.3. The van der Waals surface area contributed by atoms with Gasteiger partial charge >= 0.3 is 0 Å². The van der Waals surface area contributed by atoms with Gasteiger partial charge in [0, 0.05) is 18.2 Å². The van der Waals surface area contributed by atoms with Gasteiger partial charge in [0.1, 0.15) is 11.6 Å². The highest BCUT2D eigenvalue weighted by Crippen LogP contribution is 2.30. The topological polar surface area (TPSA) is 66.5 Å². The van der Waals surface area contributed by atoms with Crippen LogP contribution >= 0.6 is 0 Å². The number of aliphatic hydroxyl groups is 1. The molecule has 3 nitrogen and oxygen atoms in total. The van der Waals surface area contributed by atoms with Crippen molar-refractivity contribution in [1.82, 2.24) is 0 Å². The third kappa shape index (κ3) is 2.02. The molecule has 0 spiro atoms. The summed E-state index contributed by atoms with van der Waals surface area (Å²) in [7, 11) is 0. The lowest BCUT2D eigenvalue weighted by Crippen LogP contribution is -2.14. The lowest BCUT2D eigenvalue weighted by Gasteiger charge is -2.14. The minimum absolute atomic E-state index is 0.0825. The zero-order valence-electron chi connectivity index (χ0n) is 8.00. The second-order valence-corrected chi connectivity index (χ2v) is 3.25. The predicted octanol–water partition coefficient (Wildman–Crippen LogP) is 1.22. The molecule has 0 amide bonds. The maximum Gasteiger partial charge on any atom is 0.131 e. The van der Waals surface area contributed by atoms with Crippen molar-refractivity contribution in [3.8, 4) is 5.75 Å². The van der Waals surface area contributed by atoms with Gasteiger partial charge in [-0.3, -0.25) is 0 Å².